The number of rotatable bonds is 8. The zero-order valence-electron chi connectivity index (χ0n) is 14.9. The van der Waals surface area contributed by atoms with Crippen LogP contribution in [0.4, 0.5) is 9.18 Å². The van der Waals surface area contributed by atoms with Gasteiger partial charge in [-0.15, -0.1) is 0 Å². The molecule has 5 nitrogen and oxygen atoms in total. The van der Waals surface area contributed by atoms with Gasteiger partial charge in [-0.2, -0.15) is 0 Å². The topological polar surface area (TPSA) is 84.2 Å². The smallest absolute Gasteiger partial charge is 0.315 e. The summed E-state index contributed by atoms with van der Waals surface area (Å²) in [6, 6.07) is -0.0402. The number of hydrogen-bond donors (Lipinski definition) is 3. The van der Waals surface area contributed by atoms with Crippen LogP contribution in [-0.2, 0) is 4.79 Å². The van der Waals surface area contributed by atoms with E-state index in [0.29, 0.717) is 13.0 Å². The Morgan fingerprint density at radius 1 is 1.04 bits per heavy atom. The lowest BCUT2D eigenvalue weighted by Gasteiger charge is -2.56. The molecule has 4 saturated carbocycles. The Labute approximate surface area is 149 Å². The predicted octanol–water partition coefficient (Wildman–Crippen LogP) is 3.15. The van der Waals surface area contributed by atoms with Gasteiger partial charge in [-0.3, -0.25) is 4.79 Å². The van der Waals surface area contributed by atoms with E-state index in [1.165, 1.54) is 25.3 Å². The van der Waals surface area contributed by atoms with Crippen molar-refractivity contribution < 1.29 is 14.0 Å². The fraction of sp³-hybridized carbons (Fsp3) is 0.789. The van der Waals surface area contributed by atoms with Crippen molar-refractivity contribution in [3.63, 3.8) is 0 Å². The van der Waals surface area contributed by atoms with Crippen LogP contribution < -0.4 is 16.4 Å². The minimum atomic E-state index is -1.01. The zero-order chi connectivity index (χ0) is 17.9. The van der Waals surface area contributed by atoms with Gasteiger partial charge in [0.25, 0.3) is 5.91 Å². The summed E-state index contributed by atoms with van der Waals surface area (Å²) in [7, 11) is 0. The summed E-state index contributed by atoms with van der Waals surface area (Å²) < 4.78 is 12.9. The summed E-state index contributed by atoms with van der Waals surface area (Å²) in [6.45, 7) is 0.625. The maximum Gasteiger partial charge on any atom is 0.315 e. The molecule has 4 fully saturated rings. The molecule has 0 radical (unpaired) electrons. The monoisotopic (exact) mass is 351 g/mol. The van der Waals surface area contributed by atoms with E-state index in [0.717, 1.165) is 56.3 Å². The van der Waals surface area contributed by atoms with Crippen LogP contribution in [0, 0.1) is 17.8 Å². The molecule has 4 aliphatic carbocycles. The van der Waals surface area contributed by atoms with Crippen LogP contribution in [0.5, 0.6) is 0 Å². The number of unbranched alkanes of at least 4 members (excludes halogenated alkanes) is 3. The second-order valence-electron chi connectivity index (χ2n) is 8.34. The number of urea groups is 1. The predicted molar refractivity (Wildman–Crippen MR) is 94.3 cm³/mol. The Hall–Kier alpha value is -1.59. The molecule has 3 amide bonds. The molecule has 0 spiro atoms. The Balaban J connectivity index is 1.30. The maximum absolute atomic E-state index is 12.9. The highest BCUT2D eigenvalue weighted by atomic mass is 19.1. The van der Waals surface area contributed by atoms with Gasteiger partial charge in [0.2, 0.25) is 0 Å². The van der Waals surface area contributed by atoms with Crippen LogP contribution in [0.15, 0.2) is 11.9 Å². The first-order valence-electron chi connectivity index (χ1n) is 9.67. The van der Waals surface area contributed by atoms with Crippen molar-refractivity contribution in [3.05, 3.63) is 11.9 Å². The van der Waals surface area contributed by atoms with Crippen LogP contribution in [0.25, 0.3) is 0 Å². The quantitative estimate of drug-likeness (QED) is 0.463. The molecule has 0 aromatic heterocycles. The molecule has 0 aromatic carbocycles. The van der Waals surface area contributed by atoms with Crippen molar-refractivity contribution in [2.75, 3.05) is 6.54 Å². The van der Waals surface area contributed by atoms with E-state index in [9.17, 15) is 14.0 Å². The molecule has 0 heterocycles. The van der Waals surface area contributed by atoms with Crippen LogP contribution in [0.2, 0.25) is 0 Å². The first-order valence-corrected chi connectivity index (χ1v) is 9.67. The molecule has 0 aliphatic heterocycles. The molecule has 4 aliphatic rings. The van der Waals surface area contributed by atoms with E-state index in [1.807, 2.05) is 0 Å². The van der Waals surface area contributed by atoms with Crippen molar-refractivity contribution in [2.45, 2.75) is 69.7 Å². The van der Waals surface area contributed by atoms with Gasteiger partial charge in [0, 0.05) is 12.1 Å². The number of allylic oxidation sites excluding steroid dienone is 1. The van der Waals surface area contributed by atoms with Crippen LogP contribution in [0.1, 0.15) is 64.2 Å². The van der Waals surface area contributed by atoms with Gasteiger partial charge >= 0.3 is 6.03 Å². The second-order valence-corrected chi connectivity index (χ2v) is 8.34. The molecule has 25 heavy (non-hydrogen) atoms. The largest absolute Gasteiger partial charge is 0.364 e. The highest BCUT2D eigenvalue weighted by Crippen LogP contribution is 2.55. The van der Waals surface area contributed by atoms with Crippen molar-refractivity contribution in [3.8, 4) is 0 Å². The summed E-state index contributed by atoms with van der Waals surface area (Å²) in [5.74, 6) is 0.581. The Morgan fingerprint density at radius 2 is 1.64 bits per heavy atom. The summed E-state index contributed by atoms with van der Waals surface area (Å²) in [6.07, 6.45) is 11.8. The molecule has 0 aromatic rings. The van der Waals surface area contributed by atoms with Crippen molar-refractivity contribution in [1.29, 1.82) is 0 Å². The maximum atomic E-state index is 12.9. The van der Waals surface area contributed by atoms with E-state index in [1.54, 1.807) is 0 Å². The molecule has 140 valence electrons. The molecule has 0 unspecified atom stereocenters. The number of primary amides is 1. The van der Waals surface area contributed by atoms with Gasteiger partial charge in [0.05, 0.1) is 0 Å². The normalized spacial score (nSPS) is 33.3. The molecule has 4 N–H and O–H groups in total. The third-order valence-electron chi connectivity index (χ3n) is 6.14. The first-order chi connectivity index (χ1) is 12.0. The van der Waals surface area contributed by atoms with Gasteiger partial charge < -0.3 is 16.4 Å². The third kappa shape index (κ3) is 4.73. The van der Waals surface area contributed by atoms with Gasteiger partial charge in [0.15, 0.2) is 5.83 Å². The fourth-order valence-electron chi connectivity index (χ4n) is 5.53. The number of carbonyl (C=O) groups is 2. The van der Waals surface area contributed by atoms with Crippen LogP contribution >= 0.6 is 0 Å². The molecule has 4 bridgehead atoms. The molecular weight excluding hydrogens is 321 g/mol. The van der Waals surface area contributed by atoms with E-state index in [-0.39, 0.29) is 11.6 Å². The molecular formula is C19H30FN3O2. The lowest BCUT2D eigenvalue weighted by molar-refractivity contribution is -0.115. The molecule has 0 atom stereocenters. The lowest BCUT2D eigenvalue weighted by Crippen LogP contribution is -2.61. The number of carbonyl (C=O) groups excluding carboxylic acids is 2. The van der Waals surface area contributed by atoms with E-state index >= 15 is 0 Å². The van der Waals surface area contributed by atoms with E-state index in [2.05, 4.69) is 10.6 Å². The van der Waals surface area contributed by atoms with Crippen molar-refractivity contribution >= 4 is 11.9 Å². The number of nitrogens with one attached hydrogen (secondary N) is 2. The number of halogens is 1. The highest BCUT2D eigenvalue weighted by Gasteiger charge is 2.51. The Bertz CT molecular complexity index is 512. The number of hydrogen-bond acceptors (Lipinski definition) is 2. The van der Waals surface area contributed by atoms with Gasteiger partial charge in [-0.05, 0) is 81.6 Å². The standard InChI is InChI=1S/C19H30FN3O2/c20-16(17(21)24)5-3-1-2-4-6-22-18(25)23-19-10-13-7-14(11-19)9-15(8-13)12-19/h5,13-15H,1-4,6-12H2,(H2,21,24)(H2,22,23,25)/b16-5+. The number of amides is 3. The average molecular weight is 351 g/mol. The third-order valence-corrected chi connectivity index (χ3v) is 6.14. The van der Waals surface area contributed by atoms with Crippen molar-refractivity contribution in [2.24, 2.45) is 23.5 Å². The van der Waals surface area contributed by atoms with Crippen LogP contribution in [-0.4, -0.2) is 24.0 Å². The first kappa shape index (κ1) is 18.2. The van der Waals surface area contributed by atoms with Crippen molar-refractivity contribution in [1.82, 2.24) is 10.6 Å². The Kier molecular flexibility index (Phi) is 5.64. The summed E-state index contributed by atoms with van der Waals surface area (Å²) in [5, 5.41) is 6.26. The second kappa shape index (κ2) is 7.75. The van der Waals surface area contributed by atoms with Crippen LogP contribution in [0.3, 0.4) is 0 Å². The SMILES string of the molecule is NC(=O)/C(F)=C\CCCCCNC(=O)NC12CC3CC(CC(C3)C1)C2. The summed E-state index contributed by atoms with van der Waals surface area (Å²) in [4.78, 5) is 22.8. The minimum Gasteiger partial charge on any atom is -0.364 e. The summed E-state index contributed by atoms with van der Waals surface area (Å²) in [5.41, 5.74) is 4.87. The van der Waals surface area contributed by atoms with Gasteiger partial charge in [-0.25, -0.2) is 9.18 Å². The Morgan fingerprint density at radius 3 is 2.20 bits per heavy atom. The van der Waals surface area contributed by atoms with Gasteiger partial charge in [-0.1, -0.05) is 6.42 Å². The number of nitrogens with two attached hydrogens (primary N) is 1. The molecule has 0 saturated heterocycles. The minimum absolute atomic E-state index is 0.0402. The fourth-order valence-corrected chi connectivity index (χ4v) is 5.53. The highest BCUT2D eigenvalue weighted by molar-refractivity contribution is 5.89. The summed E-state index contributed by atoms with van der Waals surface area (Å²) >= 11 is 0. The molecule has 4 rings (SSSR count). The van der Waals surface area contributed by atoms with E-state index in [4.69, 9.17) is 5.73 Å². The van der Waals surface area contributed by atoms with Gasteiger partial charge in [0.1, 0.15) is 0 Å². The zero-order valence-corrected chi connectivity index (χ0v) is 14.9. The molecule has 6 heteroatoms. The van der Waals surface area contributed by atoms with E-state index < -0.39 is 11.7 Å². The lowest BCUT2D eigenvalue weighted by atomic mass is 9.53. The average Bonchev–Trinajstić information content (AvgIpc) is 2.51.